The second-order valence-electron chi connectivity index (χ2n) is 8.23. The summed E-state index contributed by atoms with van der Waals surface area (Å²) in [7, 11) is 1.60. The topological polar surface area (TPSA) is 69.9 Å². The van der Waals surface area contributed by atoms with E-state index in [0.29, 0.717) is 17.0 Å². The lowest BCUT2D eigenvalue weighted by Gasteiger charge is -2.11. The van der Waals surface area contributed by atoms with E-state index in [1.807, 2.05) is 35.9 Å². The van der Waals surface area contributed by atoms with Gasteiger partial charge in [0.25, 0.3) is 0 Å². The molecule has 1 aliphatic heterocycles. The van der Waals surface area contributed by atoms with Gasteiger partial charge in [-0.25, -0.2) is 9.07 Å². The number of ketones is 1. The Hall–Kier alpha value is -3.87. The number of carbonyl (C=O) groups excluding carboxylic acids is 1. The summed E-state index contributed by atoms with van der Waals surface area (Å²) in [6.07, 6.45) is 3.56. The summed E-state index contributed by atoms with van der Waals surface area (Å²) >= 11 is 0. The molecule has 0 amide bonds. The van der Waals surface area contributed by atoms with Crippen molar-refractivity contribution >= 4 is 5.78 Å². The monoisotopic (exact) mass is 442 g/mol. The lowest BCUT2D eigenvalue weighted by Crippen LogP contribution is -2.08. The molecule has 2 aromatic heterocycles. The number of rotatable bonds is 6. The quantitative estimate of drug-likeness (QED) is 0.403. The van der Waals surface area contributed by atoms with Crippen molar-refractivity contribution in [2.75, 3.05) is 7.11 Å². The molecule has 7 heteroatoms. The Kier molecular flexibility index (Phi) is 5.46. The molecular weight excluding hydrogens is 419 g/mol. The maximum atomic E-state index is 13.3. The summed E-state index contributed by atoms with van der Waals surface area (Å²) in [5, 5.41) is 8.60. The maximum Gasteiger partial charge on any atom is 0.169 e. The highest BCUT2D eigenvalue weighted by atomic mass is 19.1. The number of ether oxygens (including phenoxy) is 1. The van der Waals surface area contributed by atoms with Crippen LogP contribution in [0.3, 0.4) is 0 Å². The summed E-state index contributed by atoms with van der Waals surface area (Å²) < 4.78 is 20.7. The van der Waals surface area contributed by atoms with Crippen LogP contribution in [0.4, 0.5) is 4.39 Å². The highest BCUT2D eigenvalue weighted by molar-refractivity contribution is 5.98. The number of benzene rings is 2. The van der Waals surface area contributed by atoms with E-state index in [9.17, 15) is 9.18 Å². The predicted molar refractivity (Wildman–Crippen MR) is 122 cm³/mol. The van der Waals surface area contributed by atoms with Crippen molar-refractivity contribution in [3.63, 3.8) is 0 Å². The number of methoxy groups -OCH3 is 1. The number of Topliss-reactive ketones (excluding diaryl/α,β-unsaturated/α-hetero) is 1. The van der Waals surface area contributed by atoms with Gasteiger partial charge in [-0.05, 0) is 67.3 Å². The second kappa shape index (κ2) is 8.58. The third kappa shape index (κ3) is 4.02. The molecular formula is C26H23FN4O2. The SMILES string of the molecule is COc1cc(C(=O)Cc2nnn3c2CCC3c2ccc(F)cc2)ccc1-c1ccnc(C)c1. The van der Waals surface area contributed by atoms with Gasteiger partial charge < -0.3 is 4.74 Å². The molecule has 1 aliphatic rings. The van der Waals surface area contributed by atoms with Gasteiger partial charge in [0, 0.05) is 23.0 Å². The third-order valence-corrected chi connectivity index (χ3v) is 6.14. The highest BCUT2D eigenvalue weighted by Gasteiger charge is 2.29. The van der Waals surface area contributed by atoms with Gasteiger partial charge in [0.05, 0.1) is 31.0 Å². The number of fused-ring (bicyclic) bond motifs is 1. The molecule has 0 saturated carbocycles. The Balaban J connectivity index is 1.38. The van der Waals surface area contributed by atoms with Crippen LogP contribution < -0.4 is 4.74 Å². The van der Waals surface area contributed by atoms with E-state index in [4.69, 9.17) is 4.74 Å². The summed E-state index contributed by atoms with van der Waals surface area (Å²) in [5.74, 6) is 0.331. The zero-order chi connectivity index (χ0) is 22.9. The van der Waals surface area contributed by atoms with E-state index < -0.39 is 0 Å². The van der Waals surface area contributed by atoms with Crippen LogP contribution in [-0.4, -0.2) is 32.9 Å². The van der Waals surface area contributed by atoms with Crippen LogP contribution in [0.15, 0.2) is 60.8 Å². The molecule has 0 spiro atoms. The first-order chi connectivity index (χ1) is 16.0. The summed E-state index contributed by atoms with van der Waals surface area (Å²) in [6, 6.07) is 15.9. The van der Waals surface area contributed by atoms with E-state index in [2.05, 4.69) is 15.3 Å². The minimum atomic E-state index is -0.262. The summed E-state index contributed by atoms with van der Waals surface area (Å²) in [6.45, 7) is 1.94. The number of aromatic nitrogens is 4. The van der Waals surface area contributed by atoms with Crippen LogP contribution in [0.5, 0.6) is 5.75 Å². The molecule has 5 rings (SSSR count). The van der Waals surface area contributed by atoms with E-state index in [1.54, 1.807) is 31.5 Å². The molecule has 1 unspecified atom stereocenters. The van der Waals surface area contributed by atoms with Crippen LogP contribution in [0.1, 0.15) is 45.5 Å². The van der Waals surface area contributed by atoms with E-state index in [-0.39, 0.29) is 24.1 Å². The smallest absolute Gasteiger partial charge is 0.169 e. The fraction of sp³-hybridized carbons (Fsp3) is 0.231. The van der Waals surface area contributed by atoms with E-state index in [0.717, 1.165) is 40.9 Å². The van der Waals surface area contributed by atoms with Gasteiger partial charge in [-0.3, -0.25) is 9.78 Å². The van der Waals surface area contributed by atoms with Crippen molar-refractivity contribution < 1.29 is 13.9 Å². The number of pyridine rings is 1. The van der Waals surface area contributed by atoms with Crippen LogP contribution in [0.25, 0.3) is 11.1 Å². The lowest BCUT2D eigenvalue weighted by molar-refractivity contribution is 0.0991. The van der Waals surface area contributed by atoms with Gasteiger partial charge in [0.2, 0.25) is 0 Å². The largest absolute Gasteiger partial charge is 0.496 e. The number of hydrogen-bond donors (Lipinski definition) is 0. The lowest BCUT2D eigenvalue weighted by atomic mass is 9.99. The Bertz CT molecular complexity index is 1330. The maximum absolute atomic E-state index is 13.3. The molecule has 6 nitrogen and oxygen atoms in total. The van der Waals surface area contributed by atoms with E-state index in [1.165, 1.54) is 12.1 Å². The van der Waals surface area contributed by atoms with E-state index >= 15 is 0 Å². The number of nitrogens with zero attached hydrogens (tertiary/aromatic N) is 4. The normalized spacial score (nSPS) is 14.8. The van der Waals surface area contributed by atoms with Crippen LogP contribution in [0, 0.1) is 12.7 Å². The molecule has 3 heterocycles. The molecule has 0 N–H and O–H groups in total. The van der Waals surface area contributed by atoms with Crippen LogP contribution in [-0.2, 0) is 12.8 Å². The number of hydrogen-bond acceptors (Lipinski definition) is 5. The standard InChI is InChI=1S/C26H23FN4O2/c1-16-13-18(11-12-28-16)21-8-5-19(14-26(21)33-2)25(32)15-22-24-10-9-23(31(24)30-29-22)17-3-6-20(27)7-4-17/h3-8,11-14,23H,9-10,15H2,1-2H3. The van der Waals surface area contributed by atoms with Crippen molar-refractivity contribution in [3.8, 4) is 16.9 Å². The highest BCUT2D eigenvalue weighted by Crippen LogP contribution is 2.34. The van der Waals surface area contributed by atoms with Crippen molar-refractivity contribution in [3.05, 3.63) is 94.8 Å². The van der Waals surface area contributed by atoms with Crippen molar-refractivity contribution in [2.24, 2.45) is 0 Å². The second-order valence-corrected chi connectivity index (χ2v) is 8.23. The number of aryl methyl sites for hydroxylation is 1. The molecule has 4 aromatic rings. The first-order valence-electron chi connectivity index (χ1n) is 10.9. The molecule has 0 saturated heterocycles. The Labute approximate surface area is 191 Å². The van der Waals surface area contributed by atoms with Crippen LogP contribution in [0.2, 0.25) is 0 Å². The molecule has 0 radical (unpaired) electrons. The minimum absolute atomic E-state index is 0.0140. The Morgan fingerprint density at radius 3 is 2.73 bits per heavy atom. The van der Waals surface area contributed by atoms with Gasteiger partial charge >= 0.3 is 0 Å². The fourth-order valence-electron chi connectivity index (χ4n) is 4.45. The molecule has 0 bridgehead atoms. The molecule has 2 aromatic carbocycles. The number of carbonyl (C=O) groups is 1. The predicted octanol–water partition coefficient (Wildman–Crippen LogP) is 4.76. The fourth-order valence-corrected chi connectivity index (χ4v) is 4.45. The van der Waals surface area contributed by atoms with Gasteiger partial charge in [0.15, 0.2) is 5.78 Å². The molecule has 166 valence electrons. The van der Waals surface area contributed by atoms with Gasteiger partial charge in [-0.1, -0.05) is 23.4 Å². The molecule has 1 atom stereocenters. The molecule has 0 aliphatic carbocycles. The van der Waals surface area contributed by atoms with Gasteiger partial charge in [-0.2, -0.15) is 0 Å². The van der Waals surface area contributed by atoms with Crippen molar-refractivity contribution in [1.82, 2.24) is 20.0 Å². The van der Waals surface area contributed by atoms with Crippen molar-refractivity contribution in [2.45, 2.75) is 32.2 Å². The molecule has 33 heavy (non-hydrogen) atoms. The Morgan fingerprint density at radius 1 is 1.15 bits per heavy atom. The first kappa shape index (κ1) is 21.0. The summed E-state index contributed by atoms with van der Waals surface area (Å²) in [5.41, 5.74) is 6.02. The third-order valence-electron chi connectivity index (χ3n) is 6.14. The van der Waals surface area contributed by atoms with Gasteiger partial charge in [-0.15, -0.1) is 5.10 Å². The Morgan fingerprint density at radius 2 is 1.97 bits per heavy atom. The zero-order valence-corrected chi connectivity index (χ0v) is 18.5. The first-order valence-corrected chi connectivity index (χ1v) is 10.9. The zero-order valence-electron chi connectivity index (χ0n) is 18.5. The minimum Gasteiger partial charge on any atom is -0.496 e. The van der Waals surface area contributed by atoms with Crippen LogP contribution >= 0.6 is 0 Å². The average Bonchev–Trinajstić information content (AvgIpc) is 3.42. The average molecular weight is 442 g/mol. The number of halogens is 1. The summed E-state index contributed by atoms with van der Waals surface area (Å²) in [4.78, 5) is 17.3. The van der Waals surface area contributed by atoms with Crippen molar-refractivity contribution in [1.29, 1.82) is 0 Å². The molecule has 0 fully saturated rings. The van der Waals surface area contributed by atoms with Gasteiger partial charge in [0.1, 0.15) is 11.6 Å².